The summed E-state index contributed by atoms with van der Waals surface area (Å²) in [6.45, 7) is 3.52. The lowest BCUT2D eigenvalue weighted by Crippen LogP contribution is -2.29. The van der Waals surface area contributed by atoms with E-state index in [4.69, 9.17) is 24.3 Å². The Kier molecular flexibility index (Phi) is 60.2. The summed E-state index contributed by atoms with van der Waals surface area (Å²) in [4.78, 5) is 35.3. The second-order valence-electron chi connectivity index (χ2n) is 20.5. The summed E-state index contributed by atoms with van der Waals surface area (Å²) < 4.78 is 33.1. The molecule has 450 valence electrons. The van der Waals surface area contributed by atoms with E-state index in [1.807, 2.05) is 0 Å². The van der Waals surface area contributed by atoms with Gasteiger partial charge in [0.05, 0.1) is 13.2 Å². The highest BCUT2D eigenvalue weighted by Gasteiger charge is 2.26. The Morgan fingerprint density at radius 2 is 0.658 bits per heavy atom. The summed E-state index contributed by atoms with van der Waals surface area (Å²) in [6.07, 6.45) is 89.4. The highest BCUT2D eigenvalue weighted by atomic mass is 31.2. The molecule has 0 aromatic rings. The van der Waals surface area contributed by atoms with E-state index in [-0.39, 0.29) is 38.6 Å². The van der Waals surface area contributed by atoms with Crippen LogP contribution in [0.25, 0.3) is 0 Å². The minimum Gasteiger partial charge on any atom is -0.462 e. The van der Waals surface area contributed by atoms with E-state index in [0.29, 0.717) is 6.42 Å². The van der Waals surface area contributed by atoms with Crippen molar-refractivity contribution in [3.05, 3.63) is 134 Å². The predicted octanol–water partition coefficient (Wildman–Crippen LogP) is 20.5. The molecule has 0 heterocycles. The van der Waals surface area contributed by atoms with Crippen LogP contribution in [0.3, 0.4) is 0 Å². The quantitative estimate of drug-likeness (QED) is 0.0264. The van der Waals surface area contributed by atoms with Gasteiger partial charge < -0.3 is 20.1 Å². The zero-order valence-electron chi connectivity index (χ0n) is 50.3. The summed E-state index contributed by atoms with van der Waals surface area (Å²) >= 11 is 0. The van der Waals surface area contributed by atoms with E-state index in [1.54, 1.807) is 0 Å². The molecule has 0 aliphatic rings. The molecule has 0 saturated heterocycles. The van der Waals surface area contributed by atoms with E-state index in [2.05, 4.69) is 148 Å². The van der Waals surface area contributed by atoms with Gasteiger partial charge >= 0.3 is 19.8 Å². The third kappa shape index (κ3) is 63.2. The maximum atomic E-state index is 12.7. The Hall–Kier alpha value is -3.85. The average molecular weight is 1120 g/mol. The number of unbranched alkanes of at least 4 members (excludes halogenated alkanes) is 23. The molecule has 2 atom stereocenters. The van der Waals surface area contributed by atoms with Crippen LogP contribution >= 0.6 is 7.82 Å². The number of carbonyl (C=O) groups excluding carboxylic acids is 2. The van der Waals surface area contributed by atoms with Gasteiger partial charge in [-0.05, 0) is 109 Å². The Balaban J connectivity index is 3.97. The topological polar surface area (TPSA) is 134 Å². The molecule has 0 aliphatic heterocycles. The average Bonchev–Trinajstić information content (AvgIpc) is 3.44. The molecule has 0 rings (SSSR count). The first-order valence-corrected chi connectivity index (χ1v) is 33.2. The van der Waals surface area contributed by atoms with E-state index in [9.17, 15) is 19.0 Å². The first-order chi connectivity index (χ1) is 38.8. The molecule has 2 unspecified atom stereocenters. The van der Waals surface area contributed by atoms with Gasteiger partial charge in [-0.3, -0.25) is 18.6 Å². The van der Waals surface area contributed by atoms with Crippen molar-refractivity contribution >= 4 is 19.8 Å². The van der Waals surface area contributed by atoms with E-state index in [0.717, 1.165) is 116 Å². The van der Waals surface area contributed by atoms with Crippen LogP contribution in [0, 0.1) is 0 Å². The normalized spacial score (nSPS) is 13.9. The number of esters is 2. The smallest absolute Gasteiger partial charge is 0.462 e. The van der Waals surface area contributed by atoms with E-state index < -0.39 is 26.5 Å². The number of hydrogen-bond donors (Lipinski definition) is 2. The maximum absolute atomic E-state index is 12.7. The third-order valence-electron chi connectivity index (χ3n) is 13.0. The molecule has 0 aromatic carbocycles. The molecule has 0 saturated carbocycles. The van der Waals surface area contributed by atoms with Crippen LogP contribution in [0.15, 0.2) is 134 Å². The van der Waals surface area contributed by atoms with Gasteiger partial charge in [-0.15, -0.1) is 0 Å². The third-order valence-corrected chi connectivity index (χ3v) is 14.0. The zero-order chi connectivity index (χ0) is 57.3. The SMILES string of the molecule is CC/C=C\C/C=C\C/C=C\C/C=C\C/C=C\C/C=C\C/C=C\CCCCCCCCCCCCCC(=O)OC(COC(=O)CCCCCCCCCCCCCC/C=C\C/C=C\C/C=C\C/C=C\CC)COP(=O)(O)OCCN. The van der Waals surface area contributed by atoms with Crippen LogP contribution in [0.5, 0.6) is 0 Å². The van der Waals surface area contributed by atoms with Crippen LogP contribution in [-0.2, 0) is 32.7 Å². The molecule has 0 aliphatic carbocycles. The summed E-state index contributed by atoms with van der Waals surface area (Å²) in [5, 5.41) is 0. The first kappa shape index (κ1) is 75.2. The minimum absolute atomic E-state index is 0.0468. The van der Waals surface area contributed by atoms with Crippen molar-refractivity contribution in [1.29, 1.82) is 0 Å². The fraction of sp³-hybridized carbons (Fsp3) is 0.652. The molecule has 0 bridgehead atoms. The molecule has 79 heavy (non-hydrogen) atoms. The van der Waals surface area contributed by atoms with Crippen LogP contribution in [0.1, 0.15) is 258 Å². The fourth-order valence-corrected chi connectivity index (χ4v) is 9.20. The van der Waals surface area contributed by atoms with Gasteiger partial charge in [-0.2, -0.15) is 0 Å². The van der Waals surface area contributed by atoms with Crippen molar-refractivity contribution in [2.75, 3.05) is 26.4 Å². The Bertz CT molecular complexity index is 1750. The Morgan fingerprint density at radius 3 is 0.975 bits per heavy atom. The molecular weight excluding hydrogens is 1000 g/mol. The van der Waals surface area contributed by atoms with Crippen LogP contribution in [0.4, 0.5) is 0 Å². The van der Waals surface area contributed by atoms with Gasteiger partial charge in [-0.25, -0.2) is 4.57 Å². The second kappa shape index (κ2) is 63.3. The lowest BCUT2D eigenvalue weighted by Gasteiger charge is -2.19. The summed E-state index contributed by atoms with van der Waals surface area (Å²) in [5.74, 6) is -0.836. The summed E-state index contributed by atoms with van der Waals surface area (Å²) in [7, 11) is -4.40. The van der Waals surface area contributed by atoms with Crippen molar-refractivity contribution in [3.8, 4) is 0 Å². The fourth-order valence-electron chi connectivity index (χ4n) is 8.43. The molecule has 10 heteroatoms. The van der Waals surface area contributed by atoms with Gasteiger partial charge in [0.1, 0.15) is 6.61 Å². The molecule has 0 spiro atoms. The van der Waals surface area contributed by atoms with Gasteiger partial charge in [-0.1, -0.05) is 270 Å². The summed E-state index contributed by atoms with van der Waals surface area (Å²) in [5.41, 5.74) is 5.39. The highest BCUT2D eigenvalue weighted by molar-refractivity contribution is 7.47. The number of ether oxygens (including phenoxy) is 2. The number of phosphoric acid groups is 1. The lowest BCUT2D eigenvalue weighted by atomic mass is 10.0. The molecule has 3 N–H and O–H groups in total. The highest BCUT2D eigenvalue weighted by Crippen LogP contribution is 2.43. The van der Waals surface area contributed by atoms with Gasteiger partial charge in [0.25, 0.3) is 0 Å². The van der Waals surface area contributed by atoms with Gasteiger partial charge in [0.2, 0.25) is 0 Å². The number of carbonyl (C=O) groups is 2. The number of hydrogen-bond acceptors (Lipinski definition) is 8. The van der Waals surface area contributed by atoms with Crippen LogP contribution in [-0.4, -0.2) is 49.3 Å². The molecule has 9 nitrogen and oxygen atoms in total. The maximum Gasteiger partial charge on any atom is 0.472 e. The monoisotopic (exact) mass is 1120 g/mol. The Labute approximate surface area is 484 Å². The molecule has 0 fully saturated rings. The van der Waals surface area contributed by atoms with Crippen molar-refractivity contribution in [2.45, 2.75) is 264 Å². The predicted molar refractivity (Wildman–Crippen MR) is 339 cm³/mol. The van der Waals surface area contributed by atoms with Crippen molar-refractivity contribution in [3.63, 3.8) is 0 Å². The Morgan fingerprint density at radius 1 is 0.380 bits per heavy atom. The number of allylic oxidation sites excluding steroid dienone is 22. The zero-order valence-corrected chi connectivity index (χ0v) is 51.2. The van der Waals surface area contributed by atoms with E-state index >= 15 is 0 Å². The van der Waals surface area contributed by atoms with Gasteiger partial charge in [0.15, 0.2) is 6.10 Å². The lowest BCUT2D eigenvalue weighted by molar-refractivity contribution is -0.161. The number of rotatable bonds is 58. The minimum atomic E-state index is -4.40. The first-order valence-electron chi connectivity index (χ1n) is 31.7. The standard InChI is InChI=1S/C69H116NO8P/c1-3-5-7-9-11-13-15-17-19-21-23-25-27-29-30-31-32-33-34-35-36-38-40-42-44-46-48-50-52-54-56-58-60-62-69(72)78-67(66-77-79(73,74)76-64-63-70)65-75-68(71)61-59-57-55-53-51-49-47-45-43-41-39-37-28-26-24-22-20-18-16-14-12-10-8-6-4-2/h5-8,11-14,17-20,23-26,29-30,32-33,35-36,67H,3-4,9-10,15-16,21-22,27-28,31,34,37-66,70H2,1-2H3,(H,73,74)/b7-5-,8-6-,13-11-,14-12-,19-17-,20-18-,25-23-,26-24-,30-29-,33-32-,36-35-. The molecular formula is C69H116NO8P. The largest absolute Gasteiger partial charge is 0.472 e. The number of nitrogens with two attached hydrogens (primary N) is 1. The van der Waals surface area contributed by atoms with Crippen molar-refractivity contribution < 1.29 is 37.6 Å². The second-order valence-corrected chi connectivity index (χ2v) is 22.0. The molecule has 0 aromatic heterocycles. The van der Waals surface area contributed by atoms with Gasteiger partial charge in [0, 0.05) is 19.4 Å². The van der Waals surface area contributed by atoms with Crippen molar-refractivity contribution in [2.24, 2.45) is 5.73 Å². The summed E-state index contributed by atoms with van der Waals surface area (Å²) in [6, 6.07) is 0. The molecule has 0 amide bonds. The van der Waals surface area contributed by atoms with E-state index in [1.165, 1.54) is 109 Å². The van der Waals surface area contributed by atoms with Crippen LogP contribution in [0.2, 0.25) is 0 Å². The van der Waals surface area contributed by atoms with Crippen LogP contribution < -0.4 is 5.73 Å². The molecule has 0 radical (unpaired) electrons. The number of phosphoric ester groups is 1. The van der Waals surface area contributed by atoms with Crippen molar-refractivity contribution in [1.82, 2.24) is 0 Å².